The van der Waals surface area contributed by atoms with Crippen LogP contribution in [0.1, 0.15) is 47.9 Å². The van der Waals surface area contributed by atoms with E-state index in [1.54, 1.807) is 0 Å². The molecule has 0 saturated carbocycles. The monoisotopic (exact) mass is 357 g/mol. The van der Waals surface area contributed by atoms with Gasteiger partial charge >= 0.3 is 0 Å². The maximum atomic E-state index is 10.2. The number of rotatable bonds is 9. The second kappa shape index (κ2) is 9.31. The molecule has 2 N–H and O–H groups in total. The lowest BCUT2D eigenvalue weighted by molar-refractivity contribution is -0.0166. The number of aliphatic hydroxyl groups excluding tert-OH is 1. The predicted molar refractivity (Wildman–Crippen MR) is 103 cm³/mol. The van der Waals surface area contributed by atoms with Gasteiger partial charge in [-0.25, -0.2) is 0 Å². The first-order valence-corrected chi connectivity index (χ1v) is 9.72. The van der Waals surface area contributed by atoms with Crippen LogP contribution in [0.5, 0.6) is 0 Å². The van der Waals surface area contributed by atoms with Crippen molar-refractivity contribution >= 4 is 0 Å². The SMILES string of the molecule is Cc1cc(C)n(CCCNC[C@@H](O)CO[C@@H]2CCCc3ccccc32)n1. The van der Waals surface area contributed by atoms with Gasteiger partial charge in [0.15, 0.2) is 0 Å². The molecule has 0 unspecified atom stereocenters. The van der Waals surface area contributed by atoms with Gasteiger partial charge in [0.2, 0.25) is 0 Å². The second-order valence-electron chi connectivity index (χ2n) is 7.27. The Hall–Kier alpha value is -1.69. The number of nitrogens with one attached hydrogen (secondary N) is 1. The largest absolute Gasteiger partial charge is 0.389 e. The van der Waals surface area contributed by atoms with Crippen molar-refractivity contribution in [2.24, 2.45) is 0 Å². The normalized spacial score (nSPS) is 17.9. The summed E-state index contributed by atoms with van der Waals surface area (Å²) in [5.41, 5.74) is 4.94. The Morgan fingerprint density at radius 3 is 3.00 bits per heavy atom. The minimum absolute atomic E-state index is 0.126. The van der Waals surface area contributed by atoms with E-state index in [-0.39, 0.29) is 6.10 Å². The number of aromatic nitrogens is 2. The molecule has 0 radical (unpaired) electrons. The number of hydrogen-bond donors (Lipinski definition) is 2. The van der Waals surface area contributed by atoms with E-state index in [1.807, 2.05) is 11.6 Å². The maximum Gasteiger partial charge on any atom is 0.0897 e. The Morgan fingerprint density at radius 2 is 2.19 bits per heavy atom. The van der Waals surface area contributed by atoms with Gasteiger partial charge in [0, 0.05) is 18.8 Å². The van der Waals surface area contributed by atoms with Crippen molar-refractivity contribution in [3.63, 3.8) is 0 Å². The first-order chi connectivity index (χ1) is 12.6. The lowest BCUT2D eigenvalue weighted by Crippen LogP contribution is -2.32. The number of fused-ring (bicyclic) bond motifs is 1. The van der Waals surface area contributed by atoms with Crippen molar-refractivity contribution in [1.29, 1.82) is 0 Å². The number of nitrogens with zero attached hydrogens (tertiary/aromatic N) is 2. The average Bonchev–Trinajstić information content (AvgIpc) is 2.97. The molecule has 2 atom stereocenters. The van der Waals surface area contributed by atoms with Gasteiger partial charge in [-0.05, 0) is 63.3 Å². The summed E-state index contributed by atoms with van der Waals surface area (Å²) in [6.07, 6.45) is 3.97. The summed E-state index contributed by atoms with van der Waals surface area (Å²) in [6, 6.07) is 10.6. The van der Waals surface area contributed by atoms with E-state index in [0.29, 0.717) is 13.2 Å². The summed E-state index contributed by atoms with van der Waals surface area (Å²) >= 11 is 0. The molecule has 0 amide bonds. The molecule has 0 saturated heterocycles. The van der Waals surface area contributed by atoms with Gasteiger partial charge in [0.1, 0.15) is 0 Å². The van der Waals surface area contributed by atoms with Crippen LogP contribution in [0.4, 0.5) is 0 Å². The lowest BCUT2D eigenvalue weighted by atomic mass is 9.89. The predicted octanol–water partition coefficient (Wildman–Crippen LogP) is 2.93. The van der Waals surface area contributed by atoms with Crippen LogP contribution in [-0.2, 0) is 17.7 Å². The zero-order valence-corrected chi connectivity index (χ0v) is 15.9. The number of hydrogen-bond acceptors (Lipinski definition) is 4. The molecule has 1 aliphatic rings. The van der Waals surface area contributed by atoms with Crippen LogP contribution in [0, 0.1) is 13.8 Å². The molecule has 0 bridgehead atoms. The highest BCUT2D eigenvalue weighted by Crippen LogP contribution is 2.32. The summed E-state index contributed by atoms with van der Waals surface area (Å²) in [5.74, 6) is 0. The summed E-state index contributed by atoms with van der Waals surface area (Å²) in [4.78, 5) is 0. The van der Waals surface area contributed by atoms with Crippen LogP contribution in [0.3, 0.4) is 0 Å². The maximum absolute atomic E-state index is 10.2. The molecule has 1 aromatic carbocycles. The summed E-state index contributed by atoms with van der Waals surface area (Å²) < 4.78 is 8.05. The molecule has 1 aromatic heterocycles. The van der Waals surface area contributed by atoms with E-state index in [1.165, 1.54) is 16.8 Å². The molecule has 26 heavy (non-hydrogen) atoms. The van der Waals surface area contributed by atoms with Crippen LogP contribution in [0.15, 0.2) is 30.3 Å². The van der Waals surface area contributed by atoms with Crippen molar-refractivity contribution in [1.82, 2.24) is 15.1 Å². The molecule has 5 nitrogen and oxygen atoms in total. The lowest BCUT2D eigenvalue weighted by Gasteiger charge is -2.26. The average molecular weight is 357 g/mol. The topological polar surface area (TPSA) is 59.3 Å². The Balaban J connectivity index is 1.32. The summed E-state index contributed by atoms with van der Waals surface area (Å²) in [6.45, 7) is 6.80. The quantitative estimate of drug-likeness (QED) is 0.678. The Labute approximate surface area is 156 Å². The van der Waals surface area contributed by atoms with Crippen LogP contribution in [-0.4, -0.2) is 40.7 Å². The first kappa shape index (κ1) is 19.1. The Kier molecular flexibility index (Phi) is 6.83. The fourth-order valence-electron chi connectivity index (χ4n) is 3.69. The molecular formula is C21H31N3O2. The molecule has 3 rings (SSSR count). The molecule has 142 valence electrons. The summed E-state index contributed by atoms with van der Waals surface area (Å²) in [5, 5.41) is 18.0. The fraction of sp³-hybridized carbons (Fsp3) is 0.571. The third kappa shape index (κ3) is 5.16. The third-order valence-corrected chi connectivity index (χ3v) is 5.01. The van der Waals surface area contributed by atoms with Gasteiger partial charge in [-0.1, -0.05) is 24.3 Å². The highest BCUT2D eigenvalue weighted by Gasteiger charge is 2.21. The number of aliphatic hydroxyl groups is 1. The second-order valence-corrected chi connectivity index (χ2v) is 7.27. The first-order valence-electron chi connectivity index (χ1n) is 9.72. The minimum Gasteiger partial charge on any atom is -0.389 e. The van der Waals surface area contributed by atoms with Crippen molar-refractivity contribution in [2.75, 3.05) is 19.7 Å². The van der Waals surface area contributed by atoms with Crippen molar-refractivity contribution in [3.05, 3.63) is 52.8 Å². The van der Waals surface area contributed by atoms with Crippen LogP contribution in [0.25, 0.3) is 0 Å². The van der Waals surface area contributed by atoms with Gasteiger partial charge in [-0.15, -0.1) is 0 Å². The summed E-state index contributed by atoms with van der Waals surface area (Å²) in [7, 11) is 0. The zero-order chi connectivity index (χ0) is 18.4. The molecule has 0 spiro atoms. The van der Waals surface area contributed by atoms with Gasteiger partial charge in [0.05, 0.1) is 24.5 Å². The van der Waals surface area contributed by atoms with Crippen LogP contribution >= 0.6 is 0 Å². The van der Waals surface area contributed by atoms with Gasteiger partial charge in [-0.2, -0.15) is 5.10 Å². The number of benzene rings is 1. The van der Waals surface area contributed by atoms with Crippen molar-refractivity contribution in [3.8, 4) is 0 Å². The Bertz CT molecular complexity index is 698. The highest BCUT2D eigenvalue weighted by atomic mass is 16.5. The van der Waals surface area contributed by atoms with Crippen LogP contribution in [0.2, 0.25) is 0 Å². The highest BCUT2D eigenvalue weighted by molar-refractivity contribution is 5.31. The van der Waals surface area contributed by atoms with E-state index >= 15 is 0 Å². The van der Waals surface area contributed by atoms with Gasteiger partial charge in [0.25, 0.3) is 0 Å². The van der Waals surface area contributed by atoms with E-state index in [9.17, 15) is 5.11 Å². The number of aryl methyl sites for hydroxylation is 4. The molecule has 0 fully saturated rings. The van der Waals surface area contributed by atoms with E-state index in [2.05, 4.69) is 47.7 Å². The Morgan fingerprint density at radius 1 is 1.35 bits per heavy atom. The van der Waals surface area contributed by atoms with E-state index in [0.717, 1.165) is 44.5 Å². The molecule has 2 aromatic rings. The zero-order valence-electron chi connectivity index (χ0n) is 15.9. The third-order valence-electron chi connectivity index (χ3n) is 5.01. The molecule has 1 aliphatic carbocycles. The number of ether oxygens (including phenoxy) is 1. The van der Waals surface area contributed by atoms with Crippen molar-refractivity contribution in [2.45, 2.75) is 58.3 Å². The minimum atomic E-state index is -0.474. The van der Waals surface area contributed by atoms with Gasteiger partial charge in [-0.3, -0.25) is 4.68 Å². The van der Waals surface area contributed by atoms with Gasteiger partial charge < -0.3 is 15.2 Å². The van der Waals surface area contributed by atoms with E-state index < -0.39 is 6.10 Å². The standard InChI is InChI=1S/C21H31N3O2/c1-16-13-17(2)24(23-16)12-6-11-22-14-19(25)15-26-21-10-5-8-18-7-3-4-9-20(18)21/h3-4,7,9,13,19,21-22,25H,5-6,8,10-12,14-15H2,1-2H3/t19-,21-/m1/s1. The molecular weight excluding hydrogens is 326 g/mol. The molecule has 5 heteroatoms. The molecule has 0 aliphatic heterocycles. The smallest absolute Gasteiger partial charge is 0.0897 e. The van der Waals surface area contributed by atoms with Crippen molar-refractivity contribution < 1.29 is 9.84 Å². The van der Waals surface area contributed by atoms with Crippen LogP contribution < -0.4 is 5.32 Å². The van der Waals surface area contributed by atoms with E-state index in [4.69, 9.17) is 4.74 Å². The fourth-order valence-corrected chi connectivity index (χ4v) is 3.69. The molecule has 1 heterocycles.